The SMILES string of the molecule is CCCc1c(Cc2ccc(-c3ccccc3C#N)cc2)c(=O)n(C2CCC(c3cnco3)CC2)c2ncnn12. The number of hydrogen-bond donors (Lipinski definition) is 0. The fraction of sp³-hybridized carbons (Fsp3) is 0.323. The third-order valence-corrected chi connectivity index (χ3v) is 7.92. The van der Waals surface area contributed by atoms with Crippen LogP contribution in [0.2, 0.25) is 0 Å². The van der Waals surface area contributed by atoms with Crippen LogP contribution in [0.15, 0.2) is 76.7 Å². The van der Waals surface area contributed by atoms with E-state index in [9.17, 15) is 10.1 Å². The molecule has 3 aromatic heterocycles. The number of benzene rings is 2. The first-order valence-electron chi connectivity index (χ1n) is 13.6. The smallest absolute Gasteiger partial charge is 0.259 e. The summed E-state index contributed by atoms with van der Waals surface area (Å²) in [6.45, 7) is 2.12. The molecule has 0 unspecified atom stereocenters. The number of hydrogen-bond acceptors (Lipinski definition) is 6. The lowest BCUT2D eigenvalue weighted by molar-refractivity contribution is 0.294. The van der Waals surface area contributed by atoms with Gasteiger partial charge in [-0.05, 0) is 54.9 Å². The predicted molar refractivity (Wildman–Crippen MR) is 147 cm³/mol. The number of nitrogens with zero attached hydrogens (tertiary/aromatic N) is 6. The minimum atomic E-state index is 0.0287. The number of oxazole rings is 1. The molecule has 0 bridgehead atoms. The highest BCUT2D eigenvalue weighted by Gasteiger charge is 2.29. The van der Waals surface area contributed by atoms with E-state index in [1.807, 2.05) is 45.5 Å². The summed E-state index contributed by atoms with van der Waals surface area (Å²) in [5, 5.41) is 14.1. The van der Waals surface area contributed by atoms with Gasteiger partial charge in [0.05, 0.1) is 23.5 Å². The molecule has 1 aliphatic rings. The number of fused-ring (bicyclic) bond motifs is 1. The minimum Gasteiger partial charge on any atom is -0.448 e. The Balaban J connectivity index is 1.35. The normalized spacial score (nSPS) is 17.3. The molecule has 0 spiro atoms. The summed E-state index contributed by atoms with van der Waals surface area (Å²) >= 11 is 0. The van der Waals surface area contributed by atoms with Gasteiger partial charge in [0.25, 0.3) is 5.56 Å². The summed E-state index contributed by atoms with van der Waals surface area (Å²) < 4.78 is 9.31. The van der Waals surface area contributed by atoms with Crippen molar-refractivity contribution in [3.05, 3.63) is 106 Å². The van der Waals surface area contributed by atoms with Crippen LogP contribution in [-0.4, -0.2) is 24.1 Å². The summed E-state index contributed by atoms with van der Waals surface area (Å²) in [5.74, 6) is 1.88. The van der Waals surface area contributed by atoms with Crippen molar-refractivity contribution in [2.24, 2.45) is 0 Å². The summed E-state index contributed by atoms with van der Waals surface area (Å²) in [6, 6.07) is 18.1. The highest BCUT2D eigenvalue weighted by molar-refractivity contribution is 5.70. The van der Waals surface area contributed by atoms with Crippen molar-refractivity contribution in [3.63, 3.8) is 0 Å². The predicted octanol–water partition coefficient (Wildman–Crippen LogP) is 5.86. The Labute approximate surface area is 226 Å². The Hall–Kier alpha value is -4.51. The van der Waals surface area contributed by atoms with Crippen molar-refractivity contribution in [1.29, 1.82) is 5.26 Å². The summed E-state index contributed by atoms with van der Waals surface area (Å²) in [4.78, 5) is 22.8. The number of aryl methyl sites for hydroxylation is 1. The average Bonchev–Trinajstić information content (AvgIpc) is 3.69. The van der Waals surface area contributed by atoms with E-state index in [0.717, 1.165) is 72.2 Å². The van der Waals surface area contributed by atoms with Gasteiger partial charge in [-0.3, -0.25) is 9.36 Å². The van der Waals surface area contributed by atoms with Gasteiger partial charge in [-0.25, -0.2) is 9.50 Å². The van der Waals surface area contributed by atoms with Gasteiger partial charge in [-0.15, -0.1) is 0 Å². The highest BCUT2D eigenvalue weighted by Crippen LogP contribution is 2.38. The quantitative estimate of drug-likeness (QED) is 0.267. The van der Waals surface area contributed by atoms with Crippen molar-refractivity contribution < 1.29 is 4.42 Å². The van der Waals surface area contributed by atoms with E-state index in [2.05, 4.69) is 40.2 Å². The molecule has 8 heteroatoms. The summed E-state index contributed by atoms with van der Waals surface area (Å²) in [7, 11) is 0. The van der Waals surface area contributed by atoms with Gasteiger partial charge in [0, 0.05) is 23.9 Å². The summed E-state index contributed by atoms with van der Waals surface area (Å²) in [5.41, 5.74) is 5.32. The lowest BCUT2D eigenvalue weighted by atomic mass is 9.84. The molecule has 6 rings (SSSR count). The van der Waals surface area contributed by atoms with Gasteiger partial charge in [-0.2, -0.15) is 15.3 Å². The van der Waals surface area contributed by atoms with Crippen LogP contribution in [0.1, 0.15) is 79.1 Å². The zero-order chi connectivity index (χ0) is 26.8. The standard InChI is InChI=1S/C31H30N6O2/c1-2-5-28-27(16-21-8-10-22(11-9-21)26-7-4-3-6-24(26)17-32)30(38)36(31-34-19-35-37(28)31)25-14-12-23(13-15-25)29-18-33-20-39-29/h3-4,6-11,18-20,23,25H,2,5,12-16H2,1H3. The van der Waals surface area contributed by atoms with E-state index in [4.69, 9.17) is 4.42 Å². The van der Waals surface area contributed by atoms with E-state index in [0.29, 0.717) is 23.7 Å². The minimum absolute atomic E-state index is 0.0287. The second kappa shape index (κ2) is 10.7. The zero-order valence-corrected chi connectivity index (χ0v) is 22.0. The van der Waals surface area contributed by atoms with Gasteiger partial charge in [0.15, 0.2) is 6.39 Å². The molecule has 0 aliphatic heterocycles. The van der Waals surface area contributed by atoms with Crippen molar-refractivity contribution in [2.45, 2.75) is 63.8 Å². The van der Waals surface area contributed by atoms with Crippen LogP contribution in [0.5, 0.6) is 0 Å². The maximum absolute atomic E-state index is 14.2. The van der Waals surface area contributed by atoms with Crippen molar-refractivity contribution in [1.82, 2.24) is 24.1 Å². The Morgan fingerprint density at radius 1 is 1.08 bits per heavy atom. The number of rotatable bonds is 7. The molecule has 1 fully saturated rings. The molecule has 196 valence electrons. The van der Waals surface area contributed by atoms with Crippen LogP contribution in [0, 0.1) is 11.3 Å². The van der Waals surface area contributed by atoms with Crippen molar-refractivity contribution >= 4 is 5.78 Å². The first-order valence-corrected chi connectivity index (χ1v) is 13.6. The Kier molecular flexibility index (Phi) is 6.80. The highest BCUT2D eigenvalue weighted by atomic mass is 16.3. The van der Waals surface area contributed by atoms with Gasteiger partial charge >= 0.3 is 0 Å². The molecular formula is C31H30N6O2. The first-order chi connectivity index (χ1) is 19.2. The van der Waals surface area contributed by atoms with Crippen LogP contribution in [0.3, 0.4) is 0 Å². The van der Waals surface area contributed by atoms with E-state index in [1.165, 1.54) is 6.39 Å². The maximum atomic E-state index is 14.2. The lowest BCUT2D eigenvalue weighted by Crippen LogP contribution is -2.34. The lowest BCUT2D eigenvalue weighted by Gasteiger charge is -2.29. The summed E-state index contributed by atoms with van der Waals surface area (Å²) in [6.07, 6.45) is 10.6. The van der Waals surface area contributed by atoms with Gasteiger partial charge < -0.3 is 4.42 Å². The van der Waals surface area contributed by atoms with Crippen LogP contribution in [0.4, 0.5) is 0 Å². The van der Waals surface area contributed by atoms with Crippen LogP contribution in [0.25, 0.3) is 16.9 Å². The van der Waals surface area contributed by atoms with Crippen molar-refractivity contribution in [2.75, 3.05) is 0 Å². The van der Waals surface area contributed by atoms with Gasteiger partial charge in [0.2, 0.25) is 5.78 Å². The Bertz CT molecular complexity index is 1680. The second-order valence-electron chi connectivity index (χ2n) is 10.3. The van der Waals surface area contributed by atoms with Crippen LogP contribution in [-0.2, 0) is 12.8 Å². The van der Waals surface area contributed by atoms with Crippen LogP contribution >= 0.6 is 0 Å². The maximum Gasteiger partial charge on any atom is 0.259 e. The van der Waals surface area contributed by atoms with E-state index in [-0.39, 0.29) is 11.6 Å². The molecule has 2 aromatic carbocycles. The Morgan fingerprint density at radius 2 is 1.87 bits per heavy atom. The third kappa shape index (κ3) is 4.65. The molecule has 0 atom stereocenters. The molecule has 5 aromatic rings. The largest absolute Gasteiger partial charge is 0.448 e. The fourth-order valence-corrected chi connectivity index (χ4v) is 5.96. The molecule has 1 aliphatic carbocycles. The zero-order valence-electron chi connectivity index (χ0n) is 22.0. The molecule has 1 saturated carbocycles. The van der Waals surface area contributed by atoms with Crippen molar-refractivity contribution in [3.8, 4) is 17.2 Å². The Morgan fingerprint density at radius 3 is 2.59 bits per heavy atom. The molecule has 8 nitrogen and oxygen atoms in total. The molecule has 39 heavy (non-hydrogen) atoms. The number of aromatic nitrogens is 5. The van der Waals surface area contributed by atoms with E-state index < -0.39 is 0 Å². The third-order valence-electron chi connectivity index (χ3n) is 7.92. The van der Waals surface area contributed by atoms with Gasteiger partial charge in [0.1, 0.15) is 12.1 Å². The molecular weight excluding hydrogens is 488 g/mol. The molecule has 0 N–H and O–H groups in total. The average molecular weight is 519 g/mol. The molecule has 3 heterocycles. The topological polar surface area (TPSA) is 102 Å². The fourth-order valence-electron chi connectivity index (χ4n) is 5.96. The van der Waals surface area contributed by atoms with E-state index >= 15 is 0 Å². The number of nitriles is 1. The molecule has 0 saturated heterocycles. The molecule has 0 radical (unpaired) electrons. The van der Waals surface area contributed by atoms with E-state index in [1.54, 1.807) is 12.5 Å². The van der Waals surface area contributed by atoms with Gasteiger partial charge in [-0.1, -0.05) is 55.8 Å². The molecule has 0 amide bonds. The second-order valence-corrected chi connectivity index (χ2v) is 10.3. The van der Waals surface area contributed by atoms with Crippen LogP contribution < -0.4 is 5.56 Å². The first kappa shape index (κ1) is 24.8. The monoisotopic (exact) mass is 518 g/mol.